The van der Waals surface area contributed by atoms with Crippen molar-refractivity contribution in [3.8, 4) is 27.7 Å². The summed E-state index contributed by atoms with van der Waals surface area (Å²) in [4.78, 5) is 64.4. The molecular formula is C62H80N6O12S. The standard InChI is InChI=1S/C62H80N6O12S/c1-6-53(45-11-17-49(69)18-12-45)57(46-13-19-50(70)20-14-46)47-15-21-52(22-16-47)80-32-29-66-25-27-67(28-26-66)56(73)24-31-77-34-36-79-38-37-78-35-33-76-30-23-55(72)65-59(62(3,4)5)61(75)68-41-51(71)39-54(68)60(74)63-40-44-7-9-48(10-8-44)58-43(2)64-42-81-58/h7-22,42,51,54,59,69-71H,6,23-41H2,1-5H3,(H,63,74)(H,65,72)/t51-,54+,59-/m1/s1. The summed E-state index contributed by atoms with van der Waals surface area (Å²) in [7, 11) is 0. The number of carbonyl (C=O) groups excluding carboxylic acids is 4. The smallest absolute Gasteiger partial charge is 0.246 e. The van der Waals surface area contributed by atoms with Gasteiger partial charge in [0.15, 0.2) is 0 Å². The fourth-order valence-electron chi connectivity index (χ4n) is 9.82. The van der Waals surface area contributed by atoms with Crippen LogP contribution in [0.3, 0.4) is 0 Å². The molecule has 0 radical (unpaired) electrons. The molecule has 0 aliphatic carbocycles. The van der Waals surface area contributed by atoms with E-state index in [4.69, 9.17) is 23.7 Å². The summed E-state index contributed by atoms with van der Waals surface area (Å²) in [5.74, 6) is 0.0814. The summed E-state index contributed by atoms with van der Waals surface area (Å²) in [6.45, 7) is 16.3. The largest absolute Gasteiger partial charge is 0.508 e. The molecule has 0 saturated carbocycles. The van der Waals surface area contributed by atoms with Gasteiger partial charge in [-0.3, -0.25) is 24.1 Å². The minimum absolute atomic E-state index is 0.0110. The summed E-state index contributed by atoms with van der Waals surface area (Å²) < 4.78 is 28.6. The summed E-state index contributed by atoms with van der Waals surface area (Å²) in [6.07, 6.45) is 0.311. The molecule has 0 bridgehead atoms. The first kappa shape index (κ1) is 61.9. The lowest BCUT2D eigenvalue weighted by Crippen LogP contribution is -2.57. The molecule has 4 aromatic carbocycles. The van der Waals surface area contributed by atoms with E-state index in [0.29, 0.717) is 65.8 Å². The van der Waals surface area contributed by atoms with E-state index in [1.165, 1.54) is 4.90 Å². The Kier molecular flexibility index (Phi) is 23.6. The van der Waals surface area contributed by atoms with Gasteiger partial charge in [0.05, 0.1) is 81.5 Å². The predicted octanol–water partition coefficient (Wildman–Crippen LogP) is 7.08. The van der Waals surface area contributed by atoms with Crippen molar-refractivity contribution in [2.75, 3.05) is 98.7 Å². The fraction of sp³-hybridized carbons (Fsp3) is 0.468. The first-order chi connectivity index (χ1) is 39.1. The molecule has 3 atom stereocenters. The number of aromatic hydroxyl groups is 2. The lowest BCUT2D eigenvalue weighted by atomic mass is 9.85. The van der Waals surface area contributed by atoms with Crippen LogP contribution >= 0.6 is 11.3 Å². The Labute approximate surface area is 480 Å². The van der Waals surface area contributed by atoms with Crippen molar-refractivity contribution in [1.82, 2.24) is 30.3 Å². The molecule has 436 valence electrons. The maximum atomic E-state index is 14.0. The molecule has 4 amide bonds. The summed E-state index contributed by atoms with van der Waals surface area (Å²) >= 11 is 1.57. The van der Waals surface area contributed by atoms with E-state index >= 15 is 0 Å². The lowest BCUT2D eigenvalue weighted by molar-refractivity contribution is -0.144. The number of aliphatic hydroxyl groups is 1. The number of carbonyl (C=O) groups is 4. The highest BCUT2D eigenvalue weighted by Gasteiger charge is 2.44. The van der Waals surface area contributed by atoms with Crippen molar-refractivity contribution in [2.45, 2.75) is 85.0 Å². The van der Waals surface area contributed by atoms with Crippen molar-refractivity contribution >= 4 is 46.1 Å². The zero-order valence-electron chi connectivity index (χ0n) is 47.4. The predicted molar refractivity (Wildman–Crippen MR) is 312 cm³/mol. The maximum absolute atomic E-state index is 14.0. The minimum atomic E-state index is -0.937. The van der Waals surface area contributed by atoms with Crippen molar-refractivity contribution in [1.29, 1.82) is 0 Å². The maximum Gasteiger partial charge on any atom is 0.246 e. The van der Waals surface area contributed by atoms with Gasteiger partial charge in [-0.05, 0) is 94.1 Å². The molecule has 7 rings (SSSR count). The number of thiazole rings is 1. The zero-order chi connectivity index (χ0) is 57.7. The number of aryl methyl sites for hydroxylation is 1. The number of rotatable bonds is 29. The number of likely N-dealkylation sites (tertiary alicyclic amines) is 1. The Bertz CT molecular complexity index is 2810. The van der Waals surface area contributed by atoms with Crippen LogP contribution in [0.2, 0.25) is 0 Å². The minimum Gasteiger partial charge on any atom is -0.508 e. The summed E-state index contributed by atoms with van der Waals surface area (Å²) in [6, 6.07) is 28.5. The van der Waals surface area contributed by atoms with E-state index in [2.05, 4.69) is 39.6 Å². The van der Waals surface area contributed by atoms with Gasteiger partial charge in [0.25, 0.3) is 0 Å². The Morgan fingerprint density at radius 3 is 1.83 bits per heavy atom. The van der Waals surface area contributed by atoms with Crippen LogP contribution in [0.1, 0.15) is 81.3 Å². The van der Waals surface area contributed by atoms with Crippen molar-refractivity contribution in [3.63, 3.8) is 0 Å². The van der Waals surface area contributed by atoms with Crippen LogP contribution < -0.4 is 15.4 Å². The van der Waals surface area contributed by atoms with E-state index in [0.717, 1.165) is 81.3 Å². The first-order valence-corrected chi connectivity index (χ1v) is 28.9. The third-order valence-electron chi connectivity index (χ3n) is 14.3. The molecule has 2 saturated heterocycles. The molecule has 1 aromatic heterocycles. The van der Waals surface area contributed by atoms with Gasteiger partial charge in [-0.25, -0.2) is 4.98 Å². The van der Waals surface area contributed by atoms with Gasteiger partial charge in [0.2, 0.25) is 23.6 Å². The van der Waals surface area contributed by atoms with Crippen LogP contribution in [0.25, 0.3) is 21.6 Å². The summed E-state index contributed by atoms with van der Waals surface area (Å²) in [5.41, 5.74) is 9.20. The van der Waals surface area contributed by atoms with Gasteiger partial charge >= 0.3 is 0 Å². The van der Waals surface area contributed by atoms with Crippen LogP contribution in [-0.2, 0) is 44.7 Å². The Morgan fingerprint density at radius 2 is 1.27 bits per heavy atom. The number of β-amino-alcohol motifs (C(OH)–C–C–N with tert-alkyl or cyclic N) is 1. The van der Waals surface area contributed by atoms with Crippen LogP contribution in [0.15, 0.2) is 103 Å². The zero-order valence-corrected chi connectivity index (χ0v) is 48.2. The molecule has 18 nitrogen and oxygen atoms in total. The molecule has 0 spiro atoms. The average molecular weight is 1130 g/mol. The van der Waals surface area contributed by atoms with E-state index in [1.54, 1.807) is 35.6 Å². The number of amides is 4. The number of phenolic OH excluding ortho intramolecular Hbond substituents is 2. The highest BCUT2D eigenvalue weighted by molar-refractivity contribution is 7.13. The molecule has 3 heterocycles. The monoisotopic (exact) mass is 1130 g/mol. The van der Waals surface area contributed by atoms with E-state index in [9.17, 15) is 34.5 Å². The number of benzene rings is 4. The third kappa shape index (κ3) is 18.7. The molecular weight excluding hydrogens is 1050 g/mol. The van der Waals surface area contributed by atoms with E-state index < -0.39 is 29.5 Å². The fourth-order valence-corrected chi connectivity index (χ4v) is 10.6. The SMILES string of the molecule is CCC(=C(c1ccc(O)cc1)c1ccc(OCCN2CCN(C(=O)CCOCCOCCOCCOCCC(=O)N[C@H](C(=O)N3C[C@H](O)C[C@H]3C(=O)NCc3ccc(-c4scnc4C)cc3)C(C)(C)C)CC2)cc1)c1ccc(O)cc1. The van der Waals surface area contributed by atoms with Gasteiger partial charge in [0, 0.05) is 58.7 Å². The third-order valence-corrected chi connectivity index (χ3v) is 15.3. The van der Waals surface area contributed by atoms with Crippen LogP contribution in [0.4, 0.5) is 0 Å². The normalized spacial score (nSPS) is 16.5. The number of piperazine rings is 1. The lowest BCUT2D eigenvalue weighted by Gasteiger charge is -2.35. The van der Waals surface area contributed by atoms with Gasteiger partial charge in [-0.2, -0.15) is 0 Å². The first-order valence-electron chi connectivity index (χ1n) is 28.0. The van der Waals surface area contributed by atoms with Crippen LogP contribution in [0.5, 0.6) is 17.2 Å². The average Bonchev–Trinajstić information content (AvgIpc) is 4.33. The number of aromatic nitrogens is 1. The van der Waals surface area contributed by atoms with Gasteiger partial charge < -0.3 is 59.4 Å². The number of nitrogens with one attached hydrogen (secondary N) is 2. The molecule has 5 aromatic rings. The molecule has 2 fully saturated rings. The van der Waals surface area contributed by atoms with Crippen LogP contribution in [0, 0.1) is 12.3 Å². The number of hydrogen-bond acceptors (Lipinski definition) is 15. The van der Waals surface area contributed by atoms with Crippen molar-refractivity contribution in [3.05, 3.63) is 131 Å². The number of hydrogen-bond donors (Lipinski definition) is 5. The molecule has 81 heavy (non-hydrogen) atoms. The Hall–Kier alpha value is -6.71. The van der Waals surface area contributed by atoms with Gasteiger partial charge in [-0.15, -0.1) is 11.3 Å². The highest BCUT2D eigenvalue weighted by atomic mass is 32.1. The number of nitrogens with zero attached hydrogens (tertiary/aromatic N) is 4. The second-order valence-corrected chi connectivity index (χ2v) is 22.1. The Balaban J connectivity index is 0.694. The number of phenols is 2. The number of ether oxygens (including phenoxy) is 5. The Morgan fingerprint density at radius 1 is 0.716 bits per heavy atom. The molecule has 0 unspecified atom stereocenters. The number of allylic oxidation sites excluding steroid dienone is 1. The summed E-state index contributed by atoms with van der Waals surface area (Å²) in [5, 5.41) is 36.2. The molecule has 2 aliphatic rings. The van der Waals surface area contributed by atoms with E-state index in [1.807, 2.05) is 98.8 Å². The molecule has 5 N–H and O–H groups in total. The van der Waals surface area contributed by atoms with Crippen LogP contribution in [-0.4, -0.2) is 176 Å². The quantitative estimate of drug-likeness (QED) is 0.0239. The van der Waals surface area contributed by atoms with Crippen molar-refractivity contribution < 1.29 is 58.2 Å². The second kappa shape index (κ2) is 30.9. The van der Waals surface area contributed by atoms with Gasteiger partial charge in [-0.1, -0.05) is 88.4 Å². The number of aliphatic hydroxyl groups excluding tert-OH is 1. The highest BCUT2D eigenvalue weighted by Crippen LogP contribution is 2.36. The van der Waals surface area contributed by atoms with Gasteiger partial charge in [0.1, 0.15) is 35.9 Å². The topological polar surface area (TPSA) is 222 Å². The molecule has 19 heteroatoms. The molecule has 2 aliphatic heterocycles. The van der Waals surface area contributed by atoms with E-state index in [-0.39, 0.29) is 68.4 Å². The van der Waals surface area contributed by atoms with Crippen molar-refractivity contribution in [2.24, 2.45) is 5.41 Å². The second-order valence-electron chi connectivity index (χ2n) is 21.3.